The van der Waals surface area contributed by atoms with Crippen molar-refractivity contribution in [2.45, 2.75) is 23.4 Å². The summed E-state index contributed by atoms with van der Waals surface area (Å²) in [4.78, 5) is 21.6. The van der Waals surface area contributed by atoms with E-state index >= 15 is 0 Å². The number of methoxy groups -OCH3 is 3. The number of rotatable bonds is 11. The minimum atomic E-state index is -0.266. The average Bonchev–Trinajstić information content (AvgIpc) is 3.40. The molecule has 2 heterocycles. The second kappa shape index (κ2) is 12.1. The monoisotopic (exact) mass is 505 g/mol. The summed E-state index contributed by atoms with van der Waals surface area (Å²) < 4.78 is 16.1. The lowest BCUT2D eigenvalue weighted by molar-refractivity contribution is -0.121. The van der Waals surface area contributed by atoms with Crippen LogP contribution in [-0.4, -0.2) is 47.4 Å². The predicted molar refractivity (Wildman–Crippen MR) is 137 cm³/mol. The van der Waals surface area contributed by atoms with E-state index in [9.17, 15) is 4.79 Å². The minimum absolute atomic E-state index is 0.1000. The number of H-pyrrole nitrogens is 1. The highest BCUT2D eigenvalue weighted by atomic mass is 32.2. The van der Waals surface area contributed by atoms with Crippen molar-refractivity contribution in [3.63, 3.8) is 0 Å². The van der Waals surface area contributed by atoms with Crippen LogP contribution in [0, 0.1) is 0 Å². The topological polar surface area (TPSA) is 111 Å². The Hall–Kier alpha value is -4.05. The fraction of sp³-hybridized carbons (Fsp3) is 0.231. The first-order valence-corrected chi connectivity index (χ1v) is 12.1. The van der Waals surface area contributed by atoms with Crippen LogP contribution < -0.4 is 19.5 Å². The number of thioether (sulfide) groups is 1. The Morgan fingerprint density at radius 3 is 2.53 bits per heavy atom. The van der Waals surface area contributed by atoms with Gasteiger partial charge < -0.3 is 19.5 Å². The van der Waals surface area contributed by atoms with Crippen molar-refractivity contribution < 1.29 is 19.0 Å². The molecule has 2 aromatic carbocycles. The summed E-state index contributed by atoms with van der Waals surface area (Å²) in [7, 11) is 4.80. The van der Waals surface area contributed by atoms with Gasteiger partial charge in [0.15, 0.2) is 17.3 Å². The minimum Gasteiger partial charge on any atom is -0.497 e. The highest BCUT2D eigenvalue weighted by Crippen LogP contribution is 2.40. The molecule has 2 N–H and O–H groups in total. The Morgan fingerprint density at radius 1 is 1.03 bits per heavy atom. The van der Waals surface area contributed by atoms with Crippen molar-refractivity contribution in [3.8, 4) is 28.6 Å². The normalized spacial score (nSPS) is 11.5. The maximum atomic E-state index is 12.9. The van der Waals surface area contributed by atoms with Gasteiger partial charge in [0.25, 0.3) is 0 Å². The number of carbonyl (C=O) groups is 1. The summed E-state index contributed by atoms with van der Waals surface area (Å²) in [6, 6.07) is 16.9. The molecule has 0 spiro atoms. The number of amides is 1. The van der Waals surface area contributed by atoms with Gasteiger partial charge in [-0.1, -0.05) is 23.9 Å². The van der Waals surface area contributed by atoms with Crippen LogP contribution in [-0.2, 0) is 11.3 Å². The van der Waals surface area contributed by atoms with Gasteiger partial charge in [0.05, 0.1) is 21.3 Å². The van der Waals surface area contributed by atoms with Crippen molar-refractivity contribution >= 4 is 17.7 Å². The molecule has 10 heteroatoms. The third kappa shape index (κ3) is 6.33. The van der Waals surface area contributed by atoms with Crippen molar-refractivity contribution in [2.24, 2.45) is 0 Å². The number of benzene rings is 2. The first-order valence-electron chi connectivity index (χ1n) is 11.2. The van der Waals surface area contributed by atoms with Gasteiger partial charge in [-0.2, -0.15) is 0 Å². The van der Waals surface area contributed by atoms with Crippen LogP contribution in [0.1, 0.15) is 22.8 Å². The first-order chi connectivity index (χ1) is 17.6. The summed E-state index contributed by atoms with van der Waals surface area (Å²) in [6.45, 7) is 0.401. The maximum Gasteiger partial charge on any atom is 0.221 e. The number of carbonyl (C=O) groups excluding carboxylic acids is 1. The van der Waals surface area contributed by atoms with E-state index in [1.807, 2.05) is 54.6 Å². The predicted octanol–water partition coefficient (Wildman–Crippen LogP) is 4.43. The van der Waals surface area contributed by atoms with Crippen molar-refractivity contribution in [3.05, 3.63) is 78.1 Å². The van der Waals surface area contributed by atoms with Gasteiger partial charge in [-0.3, -0.25) is 14.9 Å². The molecule has 0 bridgehead atoms. The lowest BCUT2D eigenvalue weighted by Crippen LogP contribution is -2.24. The third-order valence-electron chi connectivity index (χ3n) is 5.44. The zero-order chi connectivity index (χ0) is 25.3. The van der Waals surface area contributed by atoms with Crippen LogP contribution in [0.5, 0.6) is 17.2 Å². The maximum absolute atomic E-state index is 12.9. The van der Waals surface area contributed by atoms with Gasteiger partial charge in [-0.25, -0.2) is 4.98 Å². The molecule has 4 aromatic rings. The van der Waals surface area contributed by atoms with Crippen LogP contribution in [0.3, 0.4) is 0 Å². The number of hydrogen-bond acceptors (Lipinski definition) is 8. The molecule has 4 rings (SSSR count). The molecule has 36 heavy (non-hydrogen) atoms. The van der Waals surface area contributed by atoms with Crippen molar-refractivity contribution in [1.82, 2.24) is 25.5 Å². The van der Waals surface area contributed by atoms with E-state index in [0.717, 1.165) is 22.4 Å². The largest absolute Gasteiger partial charge is 0.497 e. The Balaban J connectivity index is 1.53. The summed E-state index contributed by atoms with van der Waals surface area (Å²) in [5.41, 5.74) is 2.70. The van der Waals surface area contributed by atoms with Gasteiger partial charge in [0.1, 0.15) is 5.75 Å². The highest BCUT2D eigenvalue weighted by molar-refractivity contribution is 7.99. The fourth-order valence-electron chi connectivity index (χ4n) is 3.53. The van der Waals surface area contributed by atoms with Gasteiger partial charge in [-0.05, 0) is 53.6 Å². The second-order valence-corrected chi connectivity index (χ2v) is 8.93. The molecule has 0 saturated heterocycles. The molecule has 1 amide bonds. The van der Waals surface area contributed by atoms with Crippen molar-refractivity contribution in [2.75, 3.05) is 21.3 Å². The Labute approximate surface area is 213 Å². The molecule has 9 nitrogen and oxygen atoms in total. The molecule has 0 unspecified atom stereocenters. The molecular formula is C26H27N5O4S. The van der Waals surface area contributed by atoms with E-state index in [0.29, 0.717) is 29.0 Å². The van der Waals surface area contributed by atoms with E-state index in [1.54, 1.807) is 33.7 Å². The summed E-state index contributed by atoms with van der Waals surface area (Å²) >= 11 is 1.40. The average molecular weight is 506 g/mol. The highest BCUT2D eigenvalue weighted by Gasteiger charge is 2.22. The molecular weight excluding hydrogens is 478 g/mol. The summed E-state index contributed by atoms with van der Waals surface area (Å²) in [5.74, 6) is 2.50. The van der Waals surface area contributed by atoms with E-state index < -0.39 is 0 Å². The SMILES string of the molecule is COc1ccc(-c2nc(S[C@H](CC(=O)NCc3cccnc3)c3ccc(OC)c(OC)c3)n[nH]2)cc1. The third-order valence-corrected chi connectivity index (χ3v) is 6.56. The quantitative estimate of drug-likeness (QED) is 0.288. The summed E-state index contributed by atoms with van der Waals surface area (Å²) in [5, 5.41) is 10.6. The fourth-order valence-corrected chi connectivity index (χ4v) is 4.54. The number of aromatic nitrogens is 4. The number of aromatic amines is 1. The van der Waals surface area contributed by atoms with Gasteiger partial charge in [-0.15, -0.1) is 5.10 Å². The molecule has 186 valence electrons. The van der Waals surface area contributed by atoms with E-state index in [-0.39, 0.29) is 17.6 Å². The molecule has 0 aliphatic heterocycles. The Kier molecular flexibility index (Phi) is 8.40. The van der Waals surface area contributed by atoms with E-state index in [1.165, 1.54) is 11.8 Å². The molecule has 0 aliphatic carbocycles. The molecule has 0 aliphatic rings. The number of hydrogen-bond donors (Lipinski definition) is 2. The zero-order valence-corrected chi connectivity index (χ0v) is 21.0. The van der Waals surface area contributed by atoms with Gasteiger partial charge in [0, 0.05) is 36.2 Å². The molecule has 0 fully saturated rings. The molecule has 1 atom stereocenters. The van der Waals surface area contributed by atoms with E-state index in [2.05, 4.69) is 25.5 Å². The second-order valence-electron chi connectivity index (χ2n) is 7.76. The molecule has 0 saturated carbocycles. The number of nitrogens with zero attached hydrogens (tertiary/aromatic N) is 3. The molecule has 0 radical (unpaired) electrons. The lowest BCUT2D eigenvalue weighted by Gasteiger charge is -2.17. The first kappa shape index (κ1) is 25.1. The lowest BCUT2D eigenvalue weighted by atomic mass is 10.1. The number of nitrogens with one attached hydrogen (secondary N) is 2. The number of pyridine rings is 1. The van der Waals surface area contributed by atoms with Crippen LogP contribution >= 0.6 is 11.8 Å². The summed E-state index contributed by atoms with van der Waals surface area (Å²) in [6.07, 6.45) is 3.65. The van der Waals surface area contributed by atoms with Crippen LogP contribution in [0.15, 0.2) is 72.1 Å². The number of ether oxygens (including phenoxy) is 3. The standard InChI is InChI=1S/C26H27N5O4S/c1-33-20-9-6-18(7-10-20)25-29-26(31-30-25)36-23(19-8-11-21(34-2)22(13-19)35-3)14-24(32)28-16-17-5-4-12-27-15-17/h4-13,15,23H,14,16H2,1-3H3,(H,28,32)(H,29,30,31)/t23-/m1/s1. The van der Waals surface area contributed by atoms with Crippen LogP contribution in [0.4, 0.5) is 0 Å². The van der Waals surface area contributed by atoms with Crippen LogP contribution in [0.2, 0.25) is 0 Å². The Bertz CT molecular complexity index is 1280. The van der Waals surface area contributed by atoms with Gasteiger partial charge in [0.2, 0.25) is 11.1 Å². The van der Waals surface area contributed by atoms with Crippen molar-refractivity contribution in [1.29, 1.82) is 0 Å². The van der Waals surface area contributed by atoms with Crippen LogP contribution in [0.25, 0.3) is 11.4 Å². The Morgan fingerprint density at radius 2 is 1.83 bits per heavy atom. The van der Waals surface area contributed by atoms with Gasteiger partial charge >= 0.3 is 0 Å². The zero-order valence-electron chi connectivity index (χ0n) is 20.2. The van der Waals surface area contributed by atoms with E-state index in [4.69, 9.17) is 14.2 Å². The molecule has 2 aromatic heterocycles. The smallest absolute Gasteiger partial charge is 0.221 e.